The Hall–Kier alpha value is -3.51. The van der Waals surface area contributed by atoms with E-state index < -0.39 is 0 Å². The van der Waals surface area contributed by atoms with Crippen LogP contribution >= 0.6 is 0 Å². The van der Waals surface area contributed by atoms with Gasteiger partial charge in [0.2, 0.25) is 0 Å². The molecule has 6 rings (SSSR count). The van der Waals surface area contributed by atoms with Crippen LogP contribution in [0.15, 0.2) is 49.3 Å². The summed E-state index contributed by atoms with van der Waals surface area (Å²) in [5.41, 5.74) is 3.30. The maximum atomic E-state index is 4.59. The molecule has 0 aliphatic carbocycles. The Morgan fingerprint density at radius 3 is 1.38 bits per heavy atom. The van der Waals surface area contributed by atoms with Crippen LogP contribution in [-0.4, -0.2) is 39.9 Å². The van der Waals surface area contributed by atoms with E-state index in [-0.39, 0.29) is 31.9 Å². The van der Waals surface area contributed by atoms with Crippen LogP contribution in [0.4, 0.5) is 0 Å². The summed E-state index contributed by atoms with van der Waals surface area (Å²) in [5.74, 6) is 1.59. The van der Waals surface area contributed by atoms with Crippen LogP contribution < -0.4 is 0 Å². The van der Waals surface area contributed by atoms with Crippen molar-refractivity contribution in [2.45, 2.75) is 52.4 Å². The molecule has 0 atom stereocenters. The first-order valence-corrected chi connectivity index (χ1v) is 11.7. The fraction of sp³-hybridized carbons (Fsp3) is 0.286. The second kappa shape index (κ2) is 10.1. The molecule has 0 unspecified atom stereocenters. The van der Waals surface area contributed by atoms with Gasteiger partial charge in [0, 0.05) is 35.1 Å². The molecule has 0 N–H and O–H groups in total. The smallest absolute Gasteiger partial charge is 0.338 e. The molecule has 6 aromatic rings. The summed E-state index contributed by atoms with van der Waals surface area (Å²) in [5, 5.41) is 3.66. The second-order valence-corrected chi connectivity index (χ2v) is 10.7. The third-order valence-electron chi connectivity index (χ3n) is 5.65. The van der Waals surface area contributed by atoms with Crippen LogP contribution in [0.25, 0.3) is 43.6 Å². The van der Waals surface area contributed by atoms with Crippen LogP contribution in [0.3, 0.4) is 0 Å². The SMILES string of the molecule is CC(C)(C)c1n[c-]c2c(ccc3cncnc32)n1.CC(C)(C)c1n[c-]c2c(ccc3cncnc32)n1.[Pt+2]. The Kier molecular flexibility index (Phi) is 7.24. The quantitative estimate of drug-likeness (QED) is 0.158. The van der Waals surface area contributed by atoms with E-state index in [1.54, 1.807) is 12.4 Å². The Balaban J connectivity index is 0.000000168. The minimum Gasteiger partial charge on any atom is -0.338 e. The number of benzene rings is 2. The first-order valence-electron chi connectivity index (χ1n) is 11.7. The molecule has 0 amide bonds. The molecule has 37 heavy (non-hydrogen) atoms. The molecular formula is C28H26N8Pt. The van der Waals surface area contributed by atoms with Crippen LogP contribution in [0.1, 0.15) is 53.2 Å². The van der Waals surface area contributed by atoms with E-state index in [4.69, 9.17) is 0 Å². The van der Waals surface area contributed by atoms with E-state index in [0.717, 1.165) is 55.3 Å². The van der Waals surface area contributed by atoms with Crippen LogP contribution in [0.2, 0.25) is 0 Å². The third-order valence-corrected chi connectivity index (χ3v) is 5.65. The predicted molar refractivity (Wildman–Crippen MR) is 140 cm³/mol. The van der Waals surface area contributed by atoms with Crippen molar-refractivity contribution in [2.75, 3.05) is 0 Å². The number of hydrogen-bond acceptors (Lipinski definition) is 8. The van der Waals surface area contributed by atoms with Crippen molar-refractivity contribution in [1.29, 1.82) is 0 Å². The van der Waals surface area contributed by atoms with Crippen molar-refractivity contribution < 1.29 is 21.1 Å². The first-order chi connectivity index (χ1) is 17.1. The van der Waals surface area contributed by atoms with Crippen LogP contribution in [-0.2, 0) is 31.9 Å². The molecule has 0 radical (unpaired) electrons. The Labute approximate surface area is 229 Å². The largest absolute Gasteiger partial charge is 2.00 e. The minimum atomic E-state index is -0.0781. The van der Waals surface area contributed by atoms with Gasteiger partial charge in [-0.1, -0.05) is 76.6 Å². The van der Waals surface area contributed by atoms with Crippen LogP contribution in [0, 0.1) is 12.4 Å². The first kappa shape index (κ1) is 26.5. The zero-order chi connectivity index (χ0) is 25.5. The fourth-order valence-corrected chi connectivity index (χ4v) is 3.66. The maximum absolute atomic E-state index is 4.59. The van der Waals surface area contributed by atoms with Crippen molar-refractivity contribution in [3.63, 3.8) is 0 Å². The normalized spacial score (nSPS) is 11.8. The van der Waals surface area contributed by atoms with Gasteiger partial charge in [0.25, 0.3) is 0 Å². The van der Waals surface area contributed by atoms with Gasteiger partial charge < -0.3 is 19.9 Å². The summed E-state index contributed by atoms with van der Waals surface area (Å²) in [6, 6.07) is 7.89. The standard InChI is InChI=1S/2C14H13N4.Pt/c2*1-14(2,3)13-16-7-10-11(18-13)5-4-9-6-15-8-17-12(9)10;/h2*4-6,8H,1-3H3;/q2*-1;+2. The molecular weight excluding hydrogens is 643 g/mol. The summed E-state index contributed by atoms with van der Waals surface area (Å²) < 4.78 is 0. The van der Waals surface area contributed by atoms with Crippen molar-refractivity contribution in [3.05, 3.63) is 73.4 Å². The van der Waals surface area contributed by atoms with E-state index >= 15 is 0 Å². The second-order valence-electron chi connectivity index (χ2n) is 10.7. The number of nitrogens with zero attached hydrogens (tertiary/aromatic N) is 8. The van der Waals surface area contributed by atoms with Gasteiger partial charge in [-0.15, -0.1) is 0 Å². The van der Waals surface area contributed by atoms with Crippen molar-refractivity contribution in [2.24, 2.45) is 0 Å². The molecule has 0 aliphatic heterocycles. The van der Waals surface area contributed by atoms with E-state index in [2.05, 4.69) is 93.8 Å². The molecule has 0 saturated carbocycles. The summed E-state index contributed by atoms with van der Waals surface area (Å²) in [4.78, 5) is 34.4. The maximum Gasteiger partial charge on any atom is 2.00 e. The molecule has 4 aromatic heterocycles. The number of fused-ring (bicyclic) bond motifs is 6. The monoisotopic (exact) mass is 669 g/mol. The molecule has 4 heterocycles. The average molecular weight is 670 g/mol. The molecule has 8 nitrogen and oxygen atoms in total. The molecule has 0 fully saturated rings. The zero-order valence-electron chi connectivity index (χ0n) is 21.5. The minimum absolute atomic E-state index is 0. The Bertz CT molecular complexity index is 1590. The van der Waals surface area contributed by atoms with Crippen LogP contribution in [0.5, 0.6) is 0 Å². The van der Waals surface area contributed by atoms with Gasteiger partial charge in [-0.2, -0.15) is 0 Å². The van der Waals surface area contributed by atoms with Gasteiger partial charge in [-0.05, 0) is 45.0 Å². The summed E-state index contributed by atoms with van der Waals surface area (Å²) in [7, 11) is 0. The molecule has 0 spiro atoms. The Morgan fingerprint density at radius 2 is 1.00 bits per heavy atom. The molecule has 2 aromatic carbocycles. The molecule has 9 heteroatoms. The molecule has 0 bridgehead atoms. The molecule has 188 valence electrons. The third kappa shape index (κ3) is 5.44. The van der Waals surface area contributed by atoms with Gasteiger partial charge >= 0.3 is 21.1 Å². The van der Waals surface area contributed by atoms with E-state index in [9.17, 15) is 0 Å². The molecule has 0 aliphatic rings. The van der Waals surface area contributed by atoms with Gasteiger partial charge in [0.15, 0.2) is 0 Å². The summed E-state index contributed by atoms with van der Waals surface area (Å²) in [6.45, 7) is 12.5. The van der Waals surface area contributed by atoms with E-state index in [1.165, 1.54) is 12.7 Å². The topological polar surface area (TPSA) is 103 Å². The molecule has 0 saturated heterocycles. The van der Waals surface area contributed by atoms with Gasteiger partial charge in [0.05, 0.1) is 0 Å². The average Bonchev–Trinajstić information content (AvgIpc) is 2.87. The van der Waals surface area contributed by atoms with Crippen molar-refractivity contribution >= 4 is 43.6 Å². The van der Waals surface area contributed by atoms with E-state index in [1.807, 2.05) is 24.3 Å². The summed E-state index contributed by atoms with van der Waals surface area (Å²) >= 11 is 0. The van der Waals surface area contributed by atoms with E-state index in [0.29, 0.717) is 0 Å². The van der Waals surface area contributed by atoms with Gasteiger partial charge in [-0.3, -0.25) is 9.97 Å². The Morgan fingerprint density at radius 1 is 0.595 bits per heavy atom. The van der Waals surface area contributed by atoms with Crippen molar-refractivity contribution in [3.8, 4) is 0 Å². The number of aromatic nitrogens is 8. The summed E-state index contributed by atoms with van der Waals surface area (Å²) in [6.07, 6.45) is 12.8. The fourth-order valence-electron chi connectivity index (χ4n) is 3.66. The van der Waals surface area contributed by atoms with Crippen molar-refractivity contribution in [1.82, 2.24) is 39.9 Å². The number of hydrogen-bond donors (Lipinski definition) is 0. The number of rotatable bonds is 0. The van der Waals surface area contributed by atoms with Gasteiger partial charge in [-0.25, -0.2) is 9.97 Å². The zero-order valence-corrected chi connectivity index (χ0v) is 23.8. The predicted octanol–water partition coefficient (Wildman–Crippen LogP) is 5.34. The van der Waals surface area contributed by atoms with Gasteiger partial charge in [0.1, 0.15) is 12.7 Å².